The fourth-order valence-corrected chi connectivity index (χ4v) is 4.60. The van der Waals surface area contributed by atoms with E-state index in [0.29, 0.717) is 35.6 Å². The zero-order valence-corrected chi connectivity index (χ0v) is 18.1. The Bertz CT molecular complexity index is 1110. The Kier molecular flexibility index (Phi) is 5.63. The molecule has 3 aliphatic heterocycles. The van der Waals surface area contributed by atoms with Gasteiger partial charge in [-0.2, -0.15) is 0 Å². The molecule has 3 N–H and O–H groups in total. The largest absolute Gasteiger partial charge is 0.454 e. The second-order valence-corrected chi connectivity index (χ2v) is 8.42. The highest BCUT2D eigenvalue weighted by atomic mass is 16.7. The summed E-state index contributed by atoms with van der Waals surface area (Å²) in [7, 11) is 0. The molecule has 0 spiro atoms. The standard InChI is InChI=1S/C24H25N3O6/c28-18(14-3-5-19-20(12-14)33-13-32-19)7-8-25-23(30)24(31)26-17-10-15-2-1-9-27-21(29)6-4-16(11-17)22(15)27/h3,5,10-12,18,28H,1-2,4,6-9,13H2,(H,25,30)(H,26,31). The van der Waals surface area contributed by atoms with Crippen molar-refractivity contribution in [3.8, 4) is 11.5 Å². The molecule has 5 rings (SSSR count). The summed E-state index contributed by atoms with van der Waals surface area (Å²) in [6.45, 7) is 1.02. The van der Waals surface area contributed by atoms with Crippen LogP contribution in [0, 0.1) is 0 Å². The van der Waals surface area contributed by atoms with Crippen LogP contribution in [-0.4, -0.2) is 42.7 Å². The smallest absolute Gasteiger partial charge is 0.313 e. The summed E-state index contributed by atoms with van der Waals surface area (Å²) in [4.78, 5) is 38.7. The van der Waals surface area contributed by atoms with Crippen LogP contribution in [0.5, 0.6) is 11.5 Å². The fourth-order valence-electron chi connectivity index (χ4n) is 4.60. The summed E-state index contributed by atoms with van der Waals surface area (Å²) in [5, 5.41) is 15.6. The number of aryl methyl sites for hydroxylation is 2. The predicted molar refractivity (Wildman–Crippen MR) is 119 cm³/mol. The lowest BCUT2D eigenvalue weighted by molar-refractivity contribution is -0.136. The summed E-state index contributed by atoms with van der Waals surface area (Å²) in [6.07, 6.45) is 2.22. The molecule has 9 heteroatoms. The van der Waals surface area contributed by atoms with E-state index in [2.05, 4.69) is 10.6 Å². The van der Waals surface area contributed by atoms with Gasteiger partial charge in [0.15, 0.2) is 11.5 Å². The first kappa shape index (κ1) is 21.3. The van der Waals surface area contributed by atoms with Crippen molar-refractivity contribution in [2.45, 2.75) is 38.2 Å². The van der Waals surface area contributed by atoms with Crippen LogP contribution in [0.1, 0.15) is 42.1 Å². The number of anilines is 2. The molecule has 2 aromatic rings. The van der Waals surface area contributed by atoms with Crippen molar-refractivity contribution < 1.29 is 29.0 Å². The predicted octanol–water partition coefficient (Wildman–Crippen LogP) is 1.82. The maximum atomic E-state index is 12.4. The van der Waals surface area contributed by atoms with E-state index in [0.717, 1.165) is 36.2 Å². The summed E-state index contributed by atoms with van der Waals surface area (Å²) in [6, 6.07) is 8.87. The number of carbonyl (C=O) groups is 3. The van der Waals surface area contributed by atoms with E-state index < -0.39 is 17.9 Å². The third-order valence-electron chi connectivity index (χ3n) is 6.22. The minimum absolute atomic E-state index is 0.133. The molecule has 3 heterocycles. The number of hydrogen-bond acceptors (Lipinski definition) is 6. The van der Waals surface area contributed by atoms with Crippen LogP contribution in [0.15, 0.2) is 30.3 Å². The van der Waals surface area contributed by atoms with Crippen LogP contribution < -0.4 is 25.0 Å². The lowest BCUT2D eigenvalue weighted by Crippen LogP contribution is -2.39. The van der Waals surface area contributed by atoms with E-state index in [1.807, 2.05) is 17.0 Å². The van der Waals surface area contributed by atoms with E-state index in [1.54, 1.807) is 18.2 Å². The maximum absolute atomic E-state index is 12.4. The van der Waals surface area contributed by atoms with Gasteiger partial charge in [0, 0.05) is 25.2 Å². The molecule has 3 aliphatic rings. The van der Waals surface area contributed by atoms with Gasteiger partial charge in [0.1, 0.15) is 0 Å². The van der Waals surface area contributed by atoms with E-state index in [-0.39, 0.29) is 25.7 Å². The molecule has 0 saturated carbocycles. The number of amides is 3. The Morgan fingerprint density at radius 2 is 1.82 bits per heavy atom. The highest BCUT2D eigenvalue weighted by Gasteiger charge is 2.30. The summed E-state index contributed by atoms with van der Waals surface area (Å²) in [5.74, 6) is -0.184. The van der Waals surface area contributed by atoms with Crippen molar-refractivity contribution in [2.24, 2.45) is 0 Å². The monoisotopic (exact) mass is 451 g/mol. The number of ether oxygens (including phenoxy) is 2. The maximum Gasteiger partial charge on any atom is 0.313 e. The minimum atomic E-state index is -0.817. The van der Waals surface area contributed by atoms with Crippen LogP contribution in [0.3, 0.4) is 0 Å². The average Bonchev–Trinajstić information content (AvgIpc) is 3.29. The topological polar surface area (TPSA) is 117 Å². The second-order valence-electron chi connectivity index (χ2n) is 8.42. The van der Waals surface area contributed by atoms with Gasteiger partial charge in [-0.25, -0.2) is 0 Å². The fraction of sp³-hybridized carbons (Fsp3) is 0.375. The first-order valence-electron chi connectivity index (χ1n) is 11.1. The molecule has 1 atom stereocenters. The molecular weight excluding hydrogens is 426 g/mol. The Balaban J connectivity index is 1.16. The first-order chi connectivity index (χ1) is 16.0. The number of nitrogens with zero attached hydrogens (tertiary/aromatic N) is 1. The average molecular weight is 451 g/mol. The molecule has 2 aromatic carbocycles. The molecule has 3 amide bonds. The SMILES string of the molecule is O=C(NCCC(O)c1ccc2c(c1)OCO2)C(=O)Nc1cc2c3c(c1)CCC(=O)N3CCC2. The van der Waals surface area contributed by atoms with E-state index >= 15 is 0 Å². The first-order valence-corrected chi connectivity index (χ1v) is 11.1. The van der Waals surface area contributed by atoms with Gasteiger partial charge in [0.05, 0.1) is 11.8 Å². The summed E-state index contributed by atoms with van der Waals surface area (Å²) < 4.78 is 10.6. The van der Waals surface area contributed by atoms with Gasteiger partial charge in [-0.15, -0.1) is 0 Å². The number of hydrogen-bond donors (Lipinski definition) is 3. The van der Waals surface area contributed by atoms with Crippen LogP contribution in [0.4, 0.5) is 11.4 Å². The van der Waals surface area contributed by atoms with Crippen molar-refractivity contribution in [3.63, 3.8) is 0 Å². The van der Waals surface area contributed by atoms with Gasteiger partial charge < -0.3 is 30.1 Å². The number of aliphatic hydroxyl groups excluding tert-OH is 1. The molecule has 33 heavy (non-hydrogen) atoms. The van der Waals surface area contributed by atoms with Crippen LogP contribution in [0.25, 0.3) is 0 Å². The molecular formula is C24H25N3O6. The van der Waals surface area contributed by atoms with Gasteiger partial charge >= 0.3 is 11.8 Å². The van der Waals surface area contributed by atoms with Crippen molar-refractivity contribution in [2.75, 3.05) is 30.1 Å². The van der Waals surface area contributed by atoms with Crippen molar-refractivity contribution in [1.29, 1.82) is 0 Å². The second kappa shape index (κ2) is 8.74. The zero-order chi connectivity index (χ0) is 22.9. The zero-order valence-electron chi connectivity index (χ0n) is 18.1. The van der Waals surface area contributed by atoms with Crippen LogP contribution >= 0.6 is 0 Å². The molecule has 0 saturated heterocycles. The number of rotatable bonds is 5. The summed E-state index contributed by atoms with van der Waals surface area (Å²) in [5.41, 5.74) is 4.22. The van der Waals surface area contributed by atoms with E-state index in [4.69, 9.17) is 9.47 Å². The van der Waals surface area contributed by atoms with Gasteiger partial charge in [-0.1, -0.05) is 6.07 Å². The molecule has 9 nitrogen and oxygen atoms in total. The highest BCUT2D eigenvalue weighted by molar-refractivity contribution is 6.39. The normalized spacial score (nSPS) is 16.8. The Hall–Kier alpha value is -3.59. The lowest BCUT2D eigenvalue weighted by atomic mass is 9.91. The number of carbonyl (C=O) groups excluding carboxylic acids is 3. The highest BCUT2D eigenvalue weighted by Crippen LogP contribution is 2.38. The van der Waals surface area contributed by atoms with Crippen LogP contribution in [-0.2, 0) is 27.2 Å². The molecule has 0 aromatic heterocycles. The van der Waals surface area contributed by atoms with Crippen LogP contribution in [0.2, 0.25) is 0 Å². The van der Waals surface area contributed by atoms with Gasteiger partial charge in [0.2, 0.25) is 12.7 Å². The third-order valence-corrected chi connectivity index (χ3v) is 6.22. The quantitative estimate of drug-likeness (QED) is 0.597. The van der Waals surface area contributed by atoms with E-state index in [9.17, 15) is 19.5 Å². The molecule has 0 aliphatic carbocycles. The van der Waals surface area contributed by atoms with E-state index in [1.165, 1.54) is 0 Å². The Labute approximate surface area is 190 Å². The minimum Gasteiger partial charge on any atom is -0.454 e. The third kappa shape index (κ3) is 4.23. The number of aliphatic hydroxyl groups is 1. The number of fused-ring (bicyclic) bond motifs is 1. The van der Waals surface area contributed by atoms with Crippen molar-refractivity contribution >= 4 is 29.1 Å². The lowest BCUT2D eigenvalue weighted by Gasteiger charge is -2.35. The molecule has 0 bridgehead atoms. The van der Waals surface area contributed by atoms with Crippen molar-refractivity contribution in [3.05, 3.63) is 47.0 Å². The summed E-state index contributed by atoms with van der Waals surface area (Å²) >= 11 is 0. The molecule has 172 valence electrons. The Morgan fingerprint density at radius 3 is 2.67 bits per heavy atom. The van der Waals surface area contributed by atoms with Gasteiger partial charge in [-0.05, 0) is 66.6 Å². The molecule has 0 fully saturated rings. The number of benzene rings is 2. The van der Waals surface area contributed by atoms with Gasteiger partial charge in [0.25, 0.3) is 0 Å². The Morgan fingerprint density at radius 1 is 1.03 bits per heavy atom. The molecule has 0 radical (unpaired) electrons. The number of nitrogens with one attached hydrogen (secondary N) is 2. The van der Waals surface area contributed by atoms with Gasteiger partial charge in [-0.3, -0.25) is 14.4 Å². The van der Waals surface area contributed by atoms with Crippen molar-refractivity contribution in [1.82, 2.24) is 5.32 Å². The molecule has 1 unspecified atom stereocenters.